The summed E-state index contributed by atoms with van der Waals surface area (Å²) >= 11 is 0. The van der Waals surface area contributed by atoms with Gasteiger partial charge in [-0.15, -0.1) is 5.10 Å². The third kappa shape index (κ3) is 0.757. The lowest BCUT2D eigenvalue weighted by Gasteiger charge is -1.71. The van der Waals surface area contributed by atoms with E-state index in [9.17, 15) is 0 Å². The third-order valence-electron chi connectivity index (χ3n) is 1.45. The standard InChI is InChI=1S/C7H7N3/c1-2-4-6-7(5-3-1)9-10-8-6/h1-2,4-5H,3H2,(H,8,9). The van der Waals surface area contributed by atoms with Gasteiger partial charge in [0.1, 0.15) is 5.35 Å². The molecule has 0 aliphatic heterocycles. The predicted molar refractivity (Wildman–Crippen MR) is 38.3 cm³/mol. The van der Waals surface area contributed by atoms with Crippen molar-refractivity contribution in [2.24, 2.45) is 0 Å². The summed E-state index contributed by atoms with van der Waals surface area (Å²) in [5, 5.41) is 12.3. The lowest BCUT2D eigenvalue weighted by atomic mass is 10.4. The Morgan fingerprint density at radius 1 is 1.50 bits per heavy atom. The monoisotopic (exact) mass is 133 g/mol. The molecule has 0 saturated heterocycles. The zero-order valence-electron chi connectivity index (χ0n) is 5.41. The fourth-order valence-electron chi connectivity index (χ4n) is 0.940. The van der Waals surface area contributed by atoms with Crippen LogP contribution in [0, 0.1) is 0 Å². The molecule has 0 bridgehead atoms. The van der Waals surface area contributed by atoms with Crippen molar-refractivity contribution in [3.63, 3.8) is 0 Å². The SMILES string of the molecule is C1=CCC=c2nn[nH]c2=C1. The van der Waals surface area contributed by atoms with Crippen molar-refractivity contribution >= 4 is 12.2 Å². The second-order valence-corrected chi connectivity index (χ2v) is 2.15. The number of fused-ring (bicyclic) bond motifs is 1. The topological polar surface area (TPSA) is 41.6 Å². The Labute approximate surface area is 57.8 Å². The molecule has 3 heteroatoms. The zero-order valence-corrected chi connectivity index (χ0v) is 5.41. The van der Waals surface area contributed by atoms with Crippen LogP contribution in [0.5, 0.6) is 0 Å². The summed E-state index contributed by atoms with van der Waals surface area (Å²) in [5.74, 6) is 0. The second-order valence-electron chi connectivity index (χ2n) is 2.15. The van der Waals surface area contributed by atoms with E-state index in [4.69, 9.17) is 0 Å². The number of allylic oxidation sites excluding steroid dienone is 2. The number of aromatic amines is 1. The van der Waals surface area contributed by atoms with E-state index >= 15 is 0 Å². The molecule has 1 heterocycles. The van der Waals surface area contributed by atoms with Crippen molar-refractivity contribution in [2.45, 2.75) is 6.42 Å². The molecule has 50 valence electrons. The molecule has 0 unspecified atom stereocenters. The van der Waals surface area contributed by atoms with Crippen LogP contribution in [0.4, 0.5) is 0 Å². The van der Waals surface area contributed by atoms with Gasteiger partial charge in [-0.3, -0.25) is 5.10 Å². The van der Waals surface area contributed by atoms with Crippen LogP contribution in [0.25, 0.3) is 12.2 Å². The van der Waals surface area contributed by atoms with Crippen LogP contribution in [0.3, 0.4) is 0 Å². The Morgan fingerprint density at radius 2 is 2.50 bits per heavy atom. The Balaban J connectivity index is 2.82. The molecule has 0 atom stereocenters. The van der Waals surface area contributed by atoms with E-state index in [1.807, 2.05) is 18.2 Å². The van der Waals surface area contributed by atoms with E-state index in [1.54, 1.807) is 0 Å². The van der Waals surface area contributed by atoms with Gasteiger partial charge < -0.3 is 0 Å². The molecule has 1 aliphatic carbocycles. The van der Waals surface area contributed by atoms with Crippen molar-refractivity contribution in [3.8, 4) is 0 Å². The molecule has 1 aromatic rings. The summed E-state index contributed by atoms with van der Waals surface area (Å²) in [6, 6.07) is 0. The Morgan fingerprint density at radius 3 is 3.50 bits per heavy atom. The number of hydrogen-bond acceptors (Lipinski definition) is 2. The third-order valence-corrected chi connectivity index (χ3v) is 1.45. The van der Waals surface area contributed by atoms with Gasteiger partial charge in [0.15, 0.2) is 0 Å². The van der Waals surface area contributed by atoms with E-state index in [0.717, 1.165) is 17.1 Å². The second kappa shape index (κ2) is 2.10. The first kappa shape index (κ1) is 5.41. The summed E-state index contributed by atoms with van der Waals surface area (Å²) in [6.07, 6.45) is 9.03. The summed E-state index contributed by atoms with van der Waals surface area (Å²) in [6.45, 7) is 0. The van der Waals surface area contributed by atoms with E-state index in [-0.39, 0.29) is 0 Å². The minimum Gasteiger partial charge on any atom is -0.258 e. The largest absolute Gasteiger partial charge is 0.258 e. The highest BCUT2D eigenvalue weighted by atomic mass is 15.3. The number of aromatic nitrogens is 3. The van der Waals surface area contributed by atoms with Gasteiger partial charge in [0.2, 0.25) is 0 Å². The van der Waals surface area contributed by atoms with Crippen LogP contribution in [0.15, 0.2) is 12.2 Å². The number of nitrogens with one attached hydrogen (secondary N) is 1. The molecule has 0 fully saturated rings. The lowest BCUT2D eigenvalue weighted by molar-refractivity contribution is 0.924. The highest BCUT2D eigenvalue weighted by Gasteiger charge is 1.88. The first-order chi connectivity index (χ1) is 4.97. The number of H-pyrrole nitrogens is 1. The quantitative estimate of drug-likeness (QED) is 0.509. The van der Waals surface area contributed by atoms with Gasteiger partial charge >= 0.3 is 0 Å². The van der Waals surface area contributed by atoms with E-state index in [0.29, 0.717) is 0 Å². The van der Waals surface area contributed by atoms with Gasteiger partial charge in [-0.25, -0.2) is 0 Å². The van der Waals surface area contributed by atoms with Crippen LogP contribution >= 0.6 is 0 Å². The molecule has 0 aromatic carbocycles. The highest BCUT2D eigenvalue weighted by molar-refractivity contribution is 5.39. The van der Waals surface area contributed by atoms with Crippen molar-refractivity contribution < 1.29 is 0 Å². The van der Waals surface area contributed by atoms with Gasteiger partial charge in [-0.05, 0) is 12.5 Å². The molecule has 0 saturated carbocycles. The lowest BCUT2D eigenvalue weighted by Crippen LogP contribution is -2.23. The van der Waals surface area contributed by atoms with Gasteiger partial charge in [0.25, 0.3) is 0 Å². The minimum atomic E-state index is 0.941. The first-order valence-electron chi connectivity index (χ1n) is 3.21. The average molecular weight is 133 g/mol. The van der Waals surface area contributed by atoms with Crippen molar-refractivity contribution in [1.82, 2.24) is 15.4 Å². The fourth-order valence-corrected chi connectivity index (χ4v) is 0.940. The van der Waals surface area contributed by atoms with Gasteiger partial charge in [0, 0.05) is 0 Å². The van der Waals surface area contributed by atoms with E-state index < -0.39 is 0 Å². The van der Waals surface area contributed by atoms with Crippen LogP contribution in [0.2, 0.25) is 0 Å². The van der Waals surface area contributed by atoms with E-state index in [2.05, 4.69) is 21.5 Å². The summed E-state index contributed by atoms with van der Waals surface area (Å²) in [7, 11) is 0. The van der Waals surface area contributed by atoms with Crippen molar-refractivity contribution in [2.75, 3.05) is 0 Å². The summed E-state index contributed by atoms with van der Waals surface area (Å²) in [5.41, 5.74) is 0. The Kier molecular flexibility index (Phi) is 1.13. The molecule has 2 rings (SSSR count). The fraction of sp³-hybridized carbons (Fsp3) is 0.143. The molecule has 10 heavy (non-hydrogen) atoms. The first-order valence-corrected chi connectivity index (χ1v) is 3.21. The maximum absolute atomic E-state index is 3.88. The van der Waals surface area contributed by atoms with Crippen LogP contribution in [-0.2, 0) is 0 Å². The zero-order chi connectivity index (χ0) is 6.81. The maximum atomic E-state index is 3.88. The summed E-state index contributed by atoms with van der Waals surface area (Å²) in [4.78, 5) is 0. The number of hydrogen-bond donors (Lipinski definition) is 1. The Bertz CT molecular complexity index is 358. The van der Waals surface area contributed by atoms with Crippen LogP contribution in [-0.4, -0.2) is 15.4 Å². The van der Waals surface area contributed by atoms with Gasteiger partial charge in [-0.1, -0.05) is 23.4 Å². The normalized spacial score (nSPS) is 14.8. The minimum absolute atomic E-state index is 0.941. The molecule has 3 nitrogen and oxygen atoms in total. The van der Waals surface area contributed by atoms with Crippen LogP contribution < -0.4 is 10.7 Å². The molecule has 1 aliphatic rings. The molecule has 0 amide bonds. The van der Waals surface area contributed by atoms with Gasteiger partial charge in [-0.2, -0.15) is 0 Å². The predicted octanol–water partition coefficient (Wildman–Crippen LogP) is -0.674. The van der Waals surface area contributed by atoms with Gasteiger partial charge in [0.05, 0.1) is 5.35 Å². The molecule has 1 N–H and O–H groups in total. The van der Waals surface area contributed by atoms with Crippen molar-refractivity contribution in [3.05, 3.63) is 22.9 Å². The number of rotatable bonds is 0. The molecular formula is C7H7N3. The molecule has 0 radical (unpaired) electrons. The molecule has 0 spiro atoms. The van der Waals surface area contributed by atoms with E-state index in [1.165, 1.54) is 0 Å². The maximum Gasteiger partial charge on any atom is 0.109 e. The molecule has 1 aromatic heterocycles. The number of nitrogens with zero attached hydrogens (tertiary/aromatic N) is 2. The van der Waals surface area contributed by atoms with Crippen LogP contribution in [0.1, 0.15) is 6.42 Å². The highest BCUT2D eigenvalue weighted by Crippen LogP contribution is 1.85. The average Bonchev–Trinajstić information content (AvgIpc) is 2.28. The Hall–Kier alpha value is -1.38. The molecular weight excluding hydrogens is 126 g/mol. The van der Waals surface area contributed by atoms with Crippen molar-refractivity contribution in [1.29, 1.82) is 0 Å². The summed E-state index contributed by atoms with van der Waals surface area (Å²) < 4.78 is 0. The smallest absolute Gasteiger partial charge is 0.109 e.